The number of hydrogen-bond acceptors (Lipinski definition) is 5. The summed E-state index contributed by atoms with van der Waals surface area (Å²) in [6.45, 7) is 2.38. The molecule has 2 atom stereocenters. The van der Waals surface area contributed by atoms with Crippen molar-refractivity contribution in [2.75, 3.05) is 13.1 Å². The van der Waals surface area contributed by atoms with E-state index < -0.39 is 15.9 Å². The summed E-state index contributed by atoms with van der Waals surface area (Å²) in [5.41, 5.74) is 0.634. The number of halogens is 1. The number of hydrogen-bond donors (Lipinski definition) is 2. The molecule has 0 bridgehead atoms. The monoisotopic (exact) mass is 472 g/mol. The van der Waals surface area contributed by atoms with Crippen molar-refractivity contribution in [2.45, 2.75) is 30.0 Å². The number of phenolic OH excluding ortho intramolecular Hbond substituents is 1. The van der Waals surface area contributed by atoms with Crippen LogP contribution in [0.25, 0.3) is 0 Å². The Morgan fingerprint density at radius 2 is 2.07 bits per heavy atom. The van der Waals surface area contributed by atoms with Gasteiger partial charge in [0.15, 0.2) is 0 Å². The number of sulfonamides is 1. The third-order valence-corrected chi connectivity index (χ3v) is 8.62. The molecule has 9 heteroatoms. The van der Waals surface area contributed by atoms with Crippen molar-refractivity contribution in [1.29, 1.82) is 0 Å². The zero-order chi connectivity index (χ0) is 19.6. The quantitative estimate of drug-likeness (QED) is 0.696. The van der Waals surface area contributed by atoms with E-state index in [0.717, 1.165) is 3.79 Å². The van der Waals surface area contributed by atoms with Crippen LogP contribution in [0.15, 0.2) is 44.4 Å². The molecule has 2 N–H and O–H groups in total. The Kier molecular flexibility index (Phi) is 6.25. The number of phenols is 1. The van der Waals surface area contributed by atoms with Gasteiger partial charge in [-0.3, -0.25) is 4.79 Å². The normalized spacial score (nSPS) is 19.6. The SMILES string of the molecule is C[C@@H](NC(=O)[C@H]1CCCN(S(=O)(=O)c2ccc(Br)s2)C1)c1ccccc1O. The minimum absolute atomic E-state index is 0.126. The minimum atomic E-state index is -3.59. The molecule has 1 amide bonds. The van der Waals surface area contributed by atoms with E-state index in [0.29, 0.717) is 24.9 Å². The van der Waals surface area contributed by atoms with E-state index in [-0.39, 0.29) is 28.5 Å². The van der Waals surface area contributed by atoms with Gasteiger partial charge in [-0.15, -0.1) is 11.3 Å². The number of thiophene rings is 1. The molecule has 2 aromatic rings. The van der Waals surface area contributed by atoms with E-state index in [1.54, 1.807) is 43.3 Å². The summed E-state index contributed by atoms with van der Waals surface area (Å²) in [5, 5.41) is 12.8. The number of carbonyl (C=O) groups is 1. The van der Waals surface area contributed by atoms with Gasteiger partial charge in [0.05, 0.1) is 15.7 Å². The van der Waals surface area contributed by atoms with Gasteiger partial charge in [0.1, 0.15) is 9.96 Å². The molecule has 1 aromatic heterocycles. The number of rotatable bonds is 5. The Balaban J connectivity index is 1.69. The van der Waals surface area contributed by atoms with Crippen LogP contribution in [-0.2, 0) is 14.8 Å². The van der Waals surface area contributed by atoms with Crippen molar-refractivity contribution in [3.8, 4) is 5.75 Å². The van der Waals surface area contributed by atoms with Crippen molar-refractivity contribution >= 4 is 43.2 Å². The lowest BCUT2D eigenvalue weighted by atomic mass is 9.97. The Morgan fingerprint density at radius 1 is 1.33 bits per heavy atom. The summed E-state index contributed by atoms with van der Waals surface area (Å²) in [6.07, 6.45) is 1.27. The van der Waals surface area contributed by atoms with Crippen molar-refractivity contribution in [3.63, 3.8) is 0 Å². The third-order valence-electron chi connectivity index (χ3n) is 4.66. The highest BCUT2D eigenvalue weighted by molar-refractivity contribution is 9.11. The molecule has 1 aromatic carbocycles. The Labute approximate surface area is 171 Å². The average Bonchev–Trinajstić information content (AvgIpc) is 3.09. The van der Waals surface area contributed by atoms with Crippen molar-refractivity contribution in [1.82, 2.24) is 9.62 Å². The molecule has 0 saturated carbocycles. The lowest BCUT2D eigenvalue weighted by Crippen LogP contribution is -2.45. The lowest BCUT2D eigenvalue weighted by molar-refractivity contribution is -0.126. The Bertz CT molecular complexity index is 929. The second kappa shape index (κ2) is 8.30. The van der Waals surface area contributed by atoms with Gasteiger partial charge in [0, 0.05) is 18.7 Å². The molecular weight excluding hydrogens is 452 g/mol. The van der Waals surface area contributed by atoms with Gasteiger partial charge in [-0.2, -0.15) is 4.31 Å². The maximum Gasteiger partial charge on any atom is 0.252 e. The summed E-state index contributed by atoms with van der Waals surface area (Å²) in [6, 6.07) is 9.78. The molecule has 3 rings (SSSR count). The second-order valence-electron chi connectivity index (χ2n) is 6.55. The van der Waals surface area contributed by atoms with Gasteiger partial charge < -0.3 is 10.4 Å². The number of piperidine rings is 1. The minimum Gasteiger partial charge on any atom is -0.508 e. The number of aromatic hydroxyl groups is 1. The van der Waals surface area contributed by atoms with Crippen LogP contribution in [0.3, 0.4) is 0 Å². The molecular formula is C18H21BrN2O4S2. The van der Waals surface area contributed by atoms with Gasteiger partial charge in [-0.1, -0.05) is 18.2 Å². The third kappa shape index (κ3) is 4.53. The Hall–Kier alpha value is -1.42. The summed E-state index contributed by atoms with van der Waals surface area (Å²) in [5.74, 6) is -0.482. The van der Waals surface area contributed by atoms with Gasteiger partial charge in [0.2, 0.25) is 5.91 Å². The van der Waals surface area contributed by atoms with E-state index in [1.807, 2.05) is 0 Å². The highest BCUT2D eigenvalue weighted by Gasteiger charge is 2.34. The molecule has 1 aliphatic rings. The lowest BCUT2D eigenvalue weighted by Gasteiger charge is -2.31. The first kappa shape index (κ1) is 20.3. The predicted molar refractivity (Wildman–Crippen MR) is 108 cm³/mol. The van der Waals surface area contributed by atoms with Gasteiger partial charge >= 0.3 is 0 Å². The number of para-hydroxylation sites is 1. The smallest absolute Gasteiger partial charge is 0.252 e. The molecule has 0 unspecified atom stereocenters. The van der Waals surface area contributed by atoms with Gasteiger partial charge in [0.25, 0.3) is 10.0 Å². The molecule has 1 fully saturated rings. The average molecular weight is 473 g/mol. The highest BCUT2D eigenvalue weighted by Crippen LogP contribution is 2.31. The first-order chi connectivity index (χ1) is 12.8. The van der Waals surface area contributed by atoms with E-state index in [9.17, 15) is 18.3 Å². The zero-order valence-electron chi connectivity index (χ0n) is 14.8. The van der Waals surface area contributed by atoms with Crippen molar-refractivity contribution < 1.29 is 18.3 Å². The van der Waals surface area contributed by atoms with Crippen molar-refractivity contribution in [3.05, 3.63) is 45.7 Å². The van der Waals surface area contributed by atoms with Gasteiger partial charge in [-0.25, -0.2) is 8.42 Å². The van der Waals surface area contributed by atoms with Crippen molar-refractivity contribution in [2.24, 2.45) is 5.92 Å². The molecule has 27 heavy (non-hydrogen) atoms. The Morgan fingerprint density at radius 3 is 2.74 bits per heavy atom. The number of benzene rings is 1. The van der Waals surface area contributed by atoms with E-state index in [2.05, 4.69) is 21.2 Å². The fraction of sp³-hybridized carbons (Fsp3) is 0.389. The number of amides is 1. The summed E-state index contributed by atoms with van der Waals surface area (Å²) in [7, 11) is -3.59. The molecule has 1 aliphatic heterocycles. The van der Waals surface area contributed by atoms with E-state index >= 15 is 0 Å². The van der Waals surface area contributed by atoms with Crippen LogP contribution in [0.5, 0.6) is 5.75 Å². The highest BCUT2D eigenvalue weighted by atomic mass is 79.9. The van der Waals surface area contributed by atoms with Crippen LogP contribution >= 0.6 is 27.3 Å². The first-order valence-electron chi connectivity index (χ1n) is 8.63. The summed E-state index contributed by atoms with van der Waals surface area (Å²) in [4.78, 5) is 12.7. The van der Waals surface area contributed by atoms with Crippen LogP contribution in [-0.4, -0.2) is 36.8 Å². The number of nitrogens with one attached hydrogen (secondary N) is 1. The standard InChI is InChI=1S/C18H21BrN2O4S2/c1-12(14-6-2-3-7-15(14)22)20-18(23)13-5-4-10-21(11-13)27(24,25)17-9-8-16(19)26-17/h2-3,6-9,12-13,22H,4-5,10-11H2,1H3,(H,20,23)/t12-,13+/m1/s1. The summed E-state index contributed by atoms with van der Waals surface area (Å²) >= 11 is 4.46. The van der Waals surface area contributed by atoms with E-state index in [4.69, 9.17) is 0 Å². The van der Waals surface area contributed by atoms with Crippen LogP contribution in [0.2, 0.25) is 0 Å². The molecule has 0 radical (unpaired) electrons. The summed E-state index contributed by atoms with van der Waals surface area (Å²) < 4.78 is 28.0. The number of carbonyl (C=O) groups excluding carboxylic acids is 1. The topological polar surface area (TPSA) is 86.7 Å². The number of nitrogens with zero attached hydrogens (tertiary/aromatic N) is 1. The predicted octanol–water partition coefficient (Wildman–Crippen LogP) is 3.49. The zero-order valence-corrected chi connectivity index (χ0v) is 18.0. The fourth-order valence-electron chi connectivity index (χ4n) is 3.20. The van der Waals surface area contributed by atoms with Crippen LogP contribution in [0.1, 0.15) is 31.4 Å². The first-order valence-corrected chi connectivity index (χ1v) is 11.7. The molecule has 1 saturated heterocycles. The maximum atomic E-state index is 12.8. The van der Waals surface area contributed by atoms with Crippen LogP contribution < -0.4 is 5.32 Å². The van der Waals surface area contributed by atoms with Crippen LogP contribution in [0, 0.1) is 5.92 Å². The maximum absolute atomic E-state index is 12.8. The van der Waals surface area contributed by atoms with E-state index in [1.165, 1.54) is 15.6 Å². The molecule has 2 heterocycles. The molecule has 146 valence electrons. The van der Waals surface area contributed by atoms with Gasteiger partial charge in [-0.05, 0) is 53.9 Å². The largest absolute Gasteiger partial charge is 0.508 e. The molecule has 0 spiro atoms. The second-order valence-corrected chi connectivity index (χ2v) is 11.2. The molecule has 6 nitrogen and oxygen atoms in total. The molecule has 0 aliphatic carbocycles. The van der Waals surface area contributed by atoms with Crippen LogP contribution in [0.4, 0.5) is 0 Å². The fourth-order valence-corrected chi connectivity index (χ4v) is 6.89.